The molecule has 1 aliphatic heterocycles. The molecule has 22 heavy (non-hydrogen) atoms. The van der Waals surface area contributed by atoms with E-state index in [1.165, 1.54) is 5.56 Å². The minimum atomic E-state index is -0.435. The number of nitrogens with one attached hydrogen (secondary N) is 2. The van der Waals surface area contributed by atoms with E-state index in [4.69, 9.17) is 0 Å². The number of urea groups is 1. The highest BCUT2D eigenvalue weighted by Gasteiger charge is 2.38. The van der Waals surface area contributed by atoms with Gasteiger partial charge >= 0.3 is 6.03 Å². The quantitative estimate of drug-likeness (QED) is 0.908. The molecule has 114 valence electrons. The number of rotatable bonds is 4. The summed E-state index contributed by atoms with van der Waals surface area (Å²) >= 11 is 0. The summed E-state index contributed by atoms with van der Waals surface area (Å²) in [6, 6.07) is 18.1. The molecule has 0 saturated carbocycles. The van der Waals surface area contributed by atoms with Crippen LogP contribution in [0.4, 0.5) is 10.5 Å². The normalized spacial score (nSPS) is 21.0. The second-order valence-corrected chi connectivity index (χ2v) is 5.98. The molecule has 2 N–H and O–H groups in total. The molecule has 1 atom stereocenters. The van der Waals surface area contributed by atoms with E-state index in [0.717, 1.165) is 24.1 Å². The van der Waals surface area contributed by atoms with Gasteiger partial charge in [-0.25, -0.2) is 15.2 Å². The summed E-state index contributed by atoms with van der Waals surface area (Å²) < 4.78 is 0. The highest BCUT2D eigenvalue weighted by atomic mass is 16.2. The molecule has 1 aliphatic rings. The van der Waals surface area contributed by atoms with E-state index in [2.05, 4.69) is 22.9 Å². The first kappa shape index (κ1) is 14.6. The van der Waals surface area contributed by atoms with Crippen molar-refractivity contribution in [2.24, 2.45) is 0 Å². The Hall–Kier alpha value is -2.33. The van der Waals surface area contributed by atoms with Crippen LogP contribution in [0.25, 0.3) is 0 Å². The predicted molar refractivity (Wildman–Crippen MR) is 88.5 cm³/mol. The lowest BCUT2D eigenvalue weighted by Crippen LogP contribution is -2.49. The Bertz CT molecular complexity index is 671. The van der Waals surface area contributed by atoms with Gasteiger partial charge in [0.25, 0.3) is 0 Å². The highest BCUT2D eigenvalue weighted by Crippen LogP contribution is 2.24. The lowest BCUT2D eigenvalue weighted by atomic mass is 10.0. The molecular weight excluding hydrogens is 274 g/mol. The Kier molecular flexibility index (Phi) is 3.86. The molecule has 4 heteroatoms. The van der Waals surface area contributed by atoms with Crippen LogP contribution in [0.15, 0.2) is 54.6 Å². The molecule has 0 unspecified atom stereocenters. The van der Waals surface area contributed by atoms with Gasteiger partial charge in [-0.15, -0.1) is 0 Å². The number of hydrazine groups is 1. The summed E-state index contributed by atoms with van der Waals surface area (Å²) in [5.74, 6) is 0. The van der Waals surface area contributed by atoms with Crippen molar-refractivity contribution in [2.45, 2.75) is 32.4 Å². The van der Waals surface area contributed by atoms with E-state index in [9.17, 15) is 4.79 Å². The lowest BCUT2D eigenvalue weighted by Gasteiger charge is -2.25. The highest BCUT2D eigenvalue weighted by molar-refractivity contribution is 5.94. The van der Waals surface area contributed by atoms with Crippen LogP contribution in [0.5, 0.6) is 0 Å². The zero-order valence-electron chi connectivity index (χ0n) is 13.0. The van der Waals surface area contributed by atoms with Crippen molar-refractivity contribution < 1.29 is 4.79 Å². The minimum absolute atomic E-state index is 0.107. The Balaban J connectivity index is 1.72. The Morgan fingerprint density at radius 3 is 2.45 bits per heavy atom. The van der Waals surface area contributed by atoms with Crippen LogP contribution in [-0.4, -0.2) is 11.7 Å². The van der Waals surface area contributed by atoms with Gasteiger partial charge in [-0.05, 0) is 43.9 Å². The second kappa shape index (κ2) is 5.81. The molecule has 2 amide bonds. The second-order valence-electron chi connectivity index (χ2n) is 5.98. The fourth-order valence-electron chi connectivity index (χ4n) is 2.76. The van der Waals surface area contributed by atoms with E-state index >= 15 is 0 Å². The van der Waals surface area contributed by atoms with Crippen LogP contribution in [0.1, 0.15) is 24.5 Å². The summed E-state index contributed by atoms with van der Waals surface area (Å²) in [6.07, 6.45) is 1.73. The van der Waals surface area contributed by atoms with Crippen LogP contribution >= 0.6 is 0 Å². The van der Waals surface area contributed by atoms with Gasteiger partial charge in [-0.3, -0.25) is 0 Å². The molecular formula is C18H21N3O. The number of carbonyl (C=O) groups is 1. The third kappa shape index (κ3) is 2.97. The maximum Gasteiger partial charge on any atom is 0.338 e. The number of hydrogen-bond donors (Lipinski definition) is 2. The predicted octanol–water partition coefficient (Wildman–Crippen LogP) is 3.38. The first-order valence-corrected chi connectivity index (χ1v) is 7.57. The molecule has 0 spiro atoms. The maximum absolute atomic E-state index is 12.3. The molecule has 0 aliphatic carbocycles. The Labute approximate surface area is 131 Å². The maximum atomic E-state index is 12.3. The van der Waals surface area contributed by atoms with Gasteiger partial charge in [0.15, 0.2) is 0 Å². The average molecular weight is 295 g/mol. The molecule has 1 fully saturated rings. The minimum Gasteiger partial charge on any atom is -0.317 e. The van der Waals surface area contributed by atoms with Gasteiger partial charge < -0.3 is 5.32 Å². The van der Waals surface area contributed by atoms with E-state index < -0.39 is 5.66 Å². The van der Waals surface area contributed by atoms with Crippen LogP contribution in [0.2, 0.25) is 0 Å². The molecule has 1 heterocycles. The number of amides is 2. The van der Waals surface area contributed by atoms with E-state index in [1.807, 2.05) is 56.3 Å². The number of hydrogen-bond acceptors (Lipinski definition) is 2. The molecule has 0 radical (unpaired) electrons. The Morgan fingerprint density at radius 1 is 1.05 bits per heavy atom. The van der Waals surface area contributed by atoms with Crippen LogP contribution < -0.4 is 15.8 Å². The van der Waals surface area contributed by atoms with Crippen LogP contribution in [0.3, 0.4) is 0 Å². The number of carbonyl (C=O) groups excluding carboxylic acids is 1. The third-order valence-electron chi connectivity index (χ3n) is 4.06. The van der Waals surface area contributed by atoms with Crippen LogP contribution in [-0.2, 0) is 6.42 Å². The van der Waals surface area contributed by atoms with Crippen molar-refractivity contribution in [3.05, 3.63) is 65.7 Å². The van der Waals surface area contributed by atoms with Crippen molar-refractivity contribution in [3.8, 4) is 0 Å². The molecule has 2 aromatic carbocycles. The van der Waals surface area contributed by atoms with Gasteiger partial charge in [-0.2, -0.15) is 0 Å². The molecule has 1 saturated heterocycles. The average Bonchev–Trinajstić information content (AvgIpc) is 2.82. The van der Waals surface area contributed by atoms with Crippen molar-refractivity contribution in [3.63, 3.8) is 0 Å². The van der Waals surface area contributed by atoms with E-state index in [0.29, 0.717) is 0 Å². The fourth-order valence-corrected chi connectivity index (χ4v) is 2.76. The summed E-state index contributed by atoms with van der Waals surface area (Å²) in [5.41, 5.74) is 6.11. The number of anilines is 1. The standard InChI is InChI=1S/C18H21N3O/c1-14-8-6-7-11-16(14)21-17(22)19-18(2,20-21)13-12-15-9-4-3-5-10-15/h3-11,20H,12-13H2,1-2H3,(H,19,22)/t18-/m1/s1. The van der Waals surface area contributed by atoms with E-state index in [-0.39, 0.29) is 6.03 Å². The zero-order chi connectivity index (χ0) is 15.6. The summed E-state index contributed by atoms with van der Waals surface area (Å²) in [4.78, 5) is 12.3. The molecule has 0 aromatic heterocycles. The monoisotopic (exact) mass is 295 g/mol. The Morgan fingerprint density at radius 2 is 1.73 bits per heavy atom. The molecule has 2 aromatic rings. The van der Waals surface area contributed by atoms with Gasteiger partial charge in [0.1, 0.15) is 5.66 Å². The topological polar surface area (TPSA) is 44.4 Å². The molecule has 0 bridgehead atoms. The number of para-hydroxylation sites is 1. The van der Waals surface area contributed by atoms with Crippen molar-refractivity contribution in [1.82, 2.24) is 10.7 Å². The van der Waals surface area contributed by atoms with Crippen molar-refractivity contribution in [1.29, 1.82) is 0 Å². The fraction of sp³-hybridized carbons (Fsp3) is 0.278. The smallest absolute Gasteiger partial charge is 0.317 e. The first-order valence-electron chi connectivity index (χ1n) is 7.57. The number of benzene rings is 2. The van der Waals surface area contributed by atoms with Gasteiger partial charge in [0.2, 0.25) is 0 Å². The van der Waals surface area contributed by atoms with Crippen molar-refractivity contribution in [2.75, 3.05) is 5.01 Å². The largest absolute Gasteiger partial charge is 0.338 e. The van der Waals surface area contributed by atoms with Gasteiger partial charge in [0, 0.05) is 0 Å². The molecule has 4 nitrogen and oxygen atoms in total. The zero-order valence-corrected chi connectivity index (χ0v) is 13.0. The number of nitrogens with zero attached hydrogens (tertiary/aromatic N) is 1. The SMILES string of the molecule is Cc1ccccc1N1N[C@](C)(CCc2ccccc2)NC1=O. The first-order chi connectivity index (χ1) is 10.6. The summed E-state index contributed by atoms with van der Waals surface area (Å²) in [7, 11) is 0. The van der Waals surface area contributed by atoms with Gasteiger partial charge in [-0.1, -0.05) is 48.5 Å². The summed E-state index contributed by atoms with van der Waals surface area (Å²) in [6.45, 7) is 4.02. The molecule has 3 rings (SSSR count). The van der Waals surface area contributed by atoms with Crippen molar-refractivity contribution >= 4 is 11.7 Å². The third-order valence-corrected chi connectivity index (χ3v) is 4.06. The lowest BCUT2D eigenvalue weighted by molar-refractivity contribution is 0.246. The van der Waals surface area contributed by atoms with Crippen LogP contribution in [0, 0.1) is 6.92 Å². The van der Waals surface area contributed by atoms with Gasteiger partial charge in [0.05, 0.1) is 5.69 Å². The van der Waals surface area contributed by atoms with E-state index in [1.54, 1.807) is 5.01 Å². The summed E-state index contributed by atoms with van der Waals surface area (Å²) in [5, 5.41) is 4.66. The number of aryl methyl sites for hydroxylation is 2.